The van der Waals surface area contributed by atoms with Crippen molar-refractivity contribution in [3.63, 3.8) is 0 Å². The number of carbonyl (C=O) groups excluding carboxylic acids is 1. The van der Waals surface area contributed by atoms with Crippen molar-refractivity contribution in [2.75, 3.05) is 17.2 Å². The Hall–Kier alpha value is -3.52. The molecule has 0 atom stereocenters. The molecule has 174 valence electrons. The van der Waals surface area contributed by atoms with E-state index in [-0.39, 0.29) is 0 Å². The summed E-state index contributed by atoms with van der Waals surface area (Å²) in [6, 6.07) is 9.81. The van der Waals surface area contributed by atoms with E-state index in [1.54, 1.807) is 18.3 Å². The zero-order valence-corrected chi connectivity index (χ0v) is 19.5. The van der Waals surface area contributed by atoms with Crippen molar-refractivity contribution in [1.82, 2.24) is 24.7 Å². The van der Waals surface area contributed by atoms with E-state index in [9.17, 15) is 4.79 Å². The van der Waals surface area contributed by atoms with Gasteiger partial charge in [-0.2, -0.15) is 10.1 Å². The summed E-state index contributed by atoms with van der Waals surface area (Å²) in [6.07, 6.45) is 12.4. The molecule has 0 unspecified atom stereocenters. The maximum absolute atomic E-state index is 11.1. The van der Waals surface area contributed by atoms with Crippen molar-refractivity contribution < 1.29 is 4.79 Å². The number of halogens is 1. The van der Waals surface area contributed by atoms with Gasteiger partial charge in [0.25, 0.3) is 0 Å². The summed E-state index contributed by atoms with van der Waals surface area (Å²) in [5.74, 6) is 0.537. The van der Waals surface area contributed by atoms with Crippen LogP contribution in [0.5, 0.6) is 0 Å². The molecule has 3 heterocycles. The topological polar surface area (TPSA) is 97.6 Å². The van der Waals surface area contributed by atoms with Gasteiger partial charge in [0.05, 0.1) is 17.1 Å². The van der Waals surface area contributed by atoms with Gasteiger partial charge in [-0.25, -0.2) is 4.98 Å². The third-order valence-electron chi connectivity index (χ3n) is 6.23. The minimum Gasteiger partial charge on any atom is -0.354 e. The molecule has 9 heteroatoms. The van der Waals surface area contributed by atoms with Crippen LogP contribution in [0.2, 0.25) is 5.02 Å². The van der Waals surface area contributed by atoms with E-state index < -0.39 is 0 Å². The molecule has 0 bridgehead atoms. The third kappa shape index (κ3) is 5.02. The van der Waals surface area contributed by atoms with Crippen molar-refractivity contribution in [2.24, 2.45) is 0 Å². The highest BCUT2D eigenvalue weighted by atomic mass is 35.5. The summed E-state index contributed by atoms with van der Waals surface area (Å²) in [5, 5.41) is 12.4. The average molecular weight is 476 g/mol. The molecule has 0 saturated heterocycles. The molecule has 0 radical (unpaired) electrons. The van der Waals surface area contributed by atoms with Crippen molar-refractivity contribution in [1.29, 1.82) is 0 Å². The lowest BCUT2D eigenvalue weighted by molar-refractivity contribution is -0.105. The van der Waals surface area contributed by atoms with Gasteiger partial charge in [-0.05, 0) is 54.7 Å². The van der Waals surface area contributed by atoms with Gasteiger partial charge in [-0.1, -0.05) is 30.5 Å². The zero-order chi connectivity index (χ0) is 23.3. The fourth-order valence-corrected chi connectivity index (χ4v) is 4.70. The number of hydrogen-bond donors (Lipinski definition) is 2. The second kappa shape index (κ2) is 10.2. The lowest BCUT2D eigenvalue weighted by atomic mass is 10.1. The fraction of sp³-hybridized carbons (Fsp3) is 0.320. The Balaban J connectivity index is 1.47. The first-order valence-corrected chi connectivity index (χ1v) is 11.9. The lowest BCUT2D eigenvalue weighted by Gasteiger charge is -2.11. The number of benzene rings is 1. The molecule has 1 saturated carbocycles. The number of anilines is 2. The van der Waals surface area contributed by atoms with Gasteiger partial charge in [0, 0.05) is 42.3 Å². The number of aromatic nitrogens is 5. The van der Waals surface area contributed by atoms with E-state index >= 15 is 0 Å². The molecule has 0 aliphatic heterocycles. The van der Waals surface area contributed by atoms with Gasteiger partial charge in [0.15, 0.2) is 5.65 Å². The number of nitrogens with one attached hydrogen (secondary N) is 2. The minimum absolute atomic E-state index is 0.405. The number of carbonyl (C=O) groups is 1. The smallest absolute Gasteiger partial charge is 0.225 e. The molecule has 1 aliphatic carbocycles. The summed E-state index contributed by atoms with van der Waals surface area (Å²) in [7, 11) is 0. The monoisotopic (exact) mass is 475 g/mol. The van der Waals surface area contributed by atoms with E-state index in [0.29, 0.717) is 47.7 Å². The Morgan fingerprint density at radius 3 is 2.85 bits per heavy atom. The highest BCUT2D eigenvalue weighted by molar-refractivity contribution is 6.30. The van der Waals surface area contributed by atoms with E-state index in [4.69, 9.17) is 26.7 Å². The maximum atomic E-state index is 11.1. The molecule has 5 rings (SSSR count). The van der Waals surface area contributed by atoms with E-state index in [0.717, 1.165) is 41.5 Å². The van der Waals surface area contributed by atoms with Gasteiger partial charge < -0.3 is 10.6 Å². The van der Waals surface area contributed by atoms with E-state index in [1.165, 1.54) is 12.8 Å². The van der Waals surface area contributed by atoms with E-state index in [2.05, 4.69) is 26.5 Å². The molecule has 1 fully saturated rings. The average Bonchev–Trinajstić information content (AvgIpc) is 3.52. The molecule has 1 aromatic carbocycles. The van der Waals surface area contributed by atoms with Crippen LogP contribution >= 0.6 is 11.6 Å². The lowest BCUT2D eigenvalue weighted by Crippen LogP contribution is -2.10. The molecule has 2 N–H and O–H groups in total. The van der Waals surface area contributed by atoms with Crippen LogP contribution in [0.3, 0.4) is 0 Å². The summed E-state index contributed by atoms with van der Waals surface area (Å²) < 4.78 is 2.05. The molecular weight excluding hydrogens is 450 g/mol. The van der Waals surface area contributed by atoms with Gasteiger partial charge in [0.2, 0.25) is 12.4 Å². The van der Waals surface area contributed by atoms with Gasteiger partial charge in [-0.3, -0.25) is 14.5 Å². The van der Waals surface area contributed by atoms with Gasteiger partial charge >= 0.3 is 0 Å². The van der Waals surface area contributed by atoms with Crippen LogP contribution in [-0.4, -0.2) is 37.7 Å². The Morgan fingerprint density at radius 1 is 1.18 bits per heavy atom. The first-order valence-electron chi connectivity index (χ1n) is 11.6. The molecule has 0 spiro atoms. The Bertz CT molecular complexity index is 1290. The molecule has 4 aromatic rings. The van der Waals surface area contributed by atoms with Crippen LogP contribution in [0.15, 0.2) is 48.9 Å². The first-order chi connectivity index (χ1) is 16.7. The molecule has 34 heavy (non-hydrogen) atoms. The van der Waals surface area contributed by atoms with Crippen molar-refractivity contribution in [2.45, 2.75) is 44.6 Å². The minimum atomic E-state index is 0.405. The first kappa shape index (κ1) is 22.3. The van der Waals surface area contributed by atoms with Crippen LogP contribution < -0.4 is 10.6 Å². The van der Waals surface area contributed by atoms with Crippen molar-refractivity contribution in [3.05, 3.63) is 70.8 Å². The van der Waals surface area contributed by atoms with Gasteiger partial charge in [0.1, 0.15) is 0 Å². The highest BCUT2D eigenvalue weighted by Crippen LogP contribution is 2.31. The normalized spacial score (nSPS) is 13.9. The Kier molecular flexibility index (Phi) is 6.67. The van der Waals surface area contributed by atoms with Crippen LogP contribution in [0, 0.1) is 0 Å². The maximum Gasteiger partial charge on any atom is 0.225 e. The summed E-state index contributed by atoms with van der Waals surface area (Å²) in [5.41, 5.74) is 4.25. The quantitative estimate of drug-likeness (QED) is 0.337. The SMILES string of the molecule is O=CNc1ccc(Cl)cc1Cc1nc(NCCc2cccnc2)nc2nn(C3CCCC3)cc12. The van der Waals surface area contributed by atoms with Crippen LogP contribution in [0.4, 0.5) is 11.6 Å². The van der Waals surface area contributed by atoms with Crippen molar-refractivity contribution in [3.8, 4) is 0 Å². The predicted molar refractivity (Wildman–Crippen MR) is 133 cm³/mol. The number of hydrogen-bond acceptors (Lipinski definition) is 6. The largest absolute Gasteiger partial charge is 0.354 e. The molecule has 1 aliphatic rings. The molecule has 8 nitrogen and oxygen atoms in total. The predicted octanol–water partition coefficient (Wildman–Crippen LogP) is 4.80. The summed E-state index contributed by atoms with van der Waals surface area (Å²) in [4.78, 5) is 24.8. The van der Waals surface area contributed by atoms with E-state index in [1.807, 2.05) is 24.4 Å². The molecular formula is C25H26ClN7O. The van der Waals surface area contributed by atoms with Crippen LogP contribution in [0.25, 0.3) is 11.0 Å². The number of nitrogens with zero attached hydrogens (tertiary/aromatic N) is 5. The highest BCUT2D eigenvalue weighted by Gasteiger charge is 2.21. The molecule has 1 amide bonds. The molecule has 3 aromatic heterocycles. The van der Waals surface area contributed by atoms with Gasteiger partial charge in [-0.15, -0.1) is 0 Å². The zero-order valence-electron chi connectivity index (χ0n) is 18.7. The second-order valence-electron chi connectivity index (χ2n) is 8.56. The number of fused-ring (bicyclic) bond motifs is 1. The third-order valence-corrected chi connectivity index (χ3v) is 6.47. The Labute approximate surface area is 202 Å². The number of pyridine rings is 1. The van der Waals surface area contributed by atoms with Crippen LogP contribution in [-0.2, 0) is 17.6 Å². The summed E-state index contributed by atoms with van der Waals surface area (Å²) >= 11 is 6.27. The fourth-order valence-electron chi connectivity index (χ4n) is 4.51. The number of amides is 1. The Morgan fingerprint density at radius 2 is 2.06 bits per heavy atom. The second-order valence-corrected chi connectivity index (χ2v) is 8.99. The summed E-state index contributed by atoms with van der Waals surface area (Å²) in [6.45, 7) is 0.676. The van der Waals surface area contributed by atoms with Crippen molar-refractivity contribution >= 4 is 40.7 Å². The standard InChI is InChI=1S/C25H26ClN7O/c26-19-7-8-22(29-16-34)18(12-19)13-23-21-15-33(20-5-1-2-6-20)32-24(21)31-25(30-23)28-11-9-17-4-3-10-27-14-17/h3-4,7-8,10,12,14-16,20H,1-2,5-6,9,11,13H2,(H,29,34)(H,28,31,32). The van der Waals surface area contributed by atoms with Crippen LogP contribution in [0.1, 0.15) is 48.5 Å². The number of rotatable bonds is 9.